The van der Waals surface area contributed by atoms with Crippen molar-refractivity contribution in [3.05, 3.63) is 187 Å². The summed E-state index contributed by atoms with van der Waals surface area (Å²) in [5.41, 5.74) is 7.39. The number of benzene rings is 6. The first-order chi connectivity index (χ1) is 27.6. The van der Waals surface area contributed by atoms with Gasteiger partial charge in [-0.3, -0.25) is 4.68 Å². The Balaban J connectivity index is 0.00000455. The first kappa shape index (κ1) is 37.3. The number of para-hydroxylation sites is 1. The van der Waals surface area contributed by atoms with E-state index in [1.807, 2.05) is 116 Å². The van der Waals surface area contributed by atoms with Gasteiger partial charge < -0.3 is 23.5 Å². The number of aryl methyl sites for hydroxylation is 1. The Bertz CT molecular complexity index is 2740. The van der Waals surface area contributed by atoms with Gasteiger partial charge in [0.25, 0.3) is 0 Å². The molecular weight excluding hydrogens is 892 g/mol. The molecule has 0 spiro atoms. The van der Waals surface area contributed by atoms with Crippen LogP contribution in [0, 0.1) is 19.1 Å². The predicted molar refractivity (Wildman–Crippen MR) is 218 cm³/mol. The molecule has 0 unspecified atom stereocenters. The van der Waals surface area contributed by atoms with Crippen LogP contribution >= 0.6 is 0 Å². The summed E-state index contributed by atoms with van der Waals surface area (Å²) >= 11 is 0. The molecule has 0 aliphatic rings. The second-order valence-corrected chi connectivity index (χ2v) is 13.4. The van der Waals surface area contributed by atoms with Crippen molar-refractivity contribution in [2.24, 2.45) is 0 Å². The number of nitrogens with zero attached hydrogens (tertiary/aromatic N) is 4. The molecule has 9 aromatic rings. The summed E-state index contributed by atoms with van der Waals surface area (Å²) in [6.45, 7) is 2.87. The Morgan fingerprint density at radius 1 is 0.667 bits per heavy atom. The van der Waals surface area contributed by atoms with Crippen LogP contribution in [0.3, 0.4) is 0 Å². The zero-order valence-electron chi connectivity index (χ0n) is 31.2. The third-order valence-corrected chi connectivity index (χ3v) is 9.51. The van der Waals surface area contributed by atoms with E-state index in [-0.39, 0.29) is 21.1 Å². The maximum absolute atomic E-state index is 6.49. The monoisotopic (exact) mass is 927 g/mol. The smallest absolute Gasteiger partial charge is 0.509 e. The normalized spacial score (nSPS) is 11.0. The van der Waals surface area contributed by atoms with Gasteiger partial charge in [0.2, 0.25) is 0 Å². The minimum Gasteiger partial charge on any atom is -0.509 e. The van der Waals surface area contributed by atoms with Crippen molar-refractivity contribution in [3.63, 3.8) is 0 Å². The van der Waals surface area contributed by atoms with Crippen LogP contribution in [-0.2, 0) is 34.3 Å². The molecule has 8 nitrogen and oxygen atoms in total. The average molecular weight is 928 g/mol. The van der Waals surface area contributed by atoms with Crippen LogP contribution < -0.4 is 18.9 Å². The van der Waals surface area contributed by atoms with Crippen molar-refractivity contribution in [1.82, 2.24) is 19.3 Å². The van der Waals surface area contributed by atoms with Crippen molar-refractivity contribution in [2.75, 3.05) is 7.11 Å². The molecule has 0 saturated heterocycles. The Morgan fingerprint density at radius 3 is 2.07 bits per heavy atom. The zero-order chi connectivity index (χ0) is 37.8. The van der Waals surface area contributed by atoms with E-state index in [1.165, 1.54) is 0 Å². The quantitative estimate of drug-likeness (QED) is 0.114. The second-order valence-electron chi connectivity index (χ2n) is 13.4. The van der Waals surface area contributed by atoms with Crippen molar-refractivity contribution in [2.45, 2.75) is 20.1 Å². The molecule has 0 radical (unpaired) electrons. The Hall–Kier alpha value is -6.63. The van der Waals surface area contributed by atoms with Crippen LogP contribution in [0.2, 0.25) is 0 Å². The van der Waals surface area contributed by atoms with Crippen molar-refractivity contribution >= 4 is 21.8 Å². The molecule has 6 aromatic carbocycles. The molecule has 0 bridgehead atoms. The van der Waals surface area contributed by atoms with Gasteiger partial charge in [-0.05, 0) is 59.0 Å². The van der Waals surface area contributed by atoms with Gasteiger partial charge in [0.15, 0.2) is 0 Å². The zero-order valence-corrected chi connectivity index (χ0v) is 33.4. The minimum atomic E-state index is 0. The van der Waals surface area contributed by atoms with Gasteiger partial charge in [-0.1, -0.05) is 84.4 Å². The fourth-order valence-electron chi connectivity index (χ4n) is 6.86. The molecule has 0 saturated carbocycles. The van der Waals surface area contributed by atoms with E-state index in [2.05, 4.69) is 64.1 Å². The Labute approximate surface area is 345 Å². The molecule has 0 amide bonds. The SMILES string of the molecule is COc1ccnc(-n2c3[c-]c(Oc4[c-]c(-n5cc(-c6c(OCc7ccccc7)cc(C)cc6OCc6ccccc6)cn5)ccc4)ccc3c3ccccc32)c1.[Pt+2]. The van der Waals surface area contributed by atoms with Crippen molar-refractivity contribution in [1.29, 1.82) is 0 Å². The maximum Gasteiger partial charge on any atom is 2.00 e. The van der Waals surface area contributed by atoms with Crippen LogP contribution in [0.25, 0.3) is 44.4 Å². The molecule has 0 aliphatic carbocycles. The number of fused-ring (bicyclic) bond motifs is 3. The molecule has 0 atom stereocenters. The van der Waals surface area contributed by atoms with Gasteiger partial charge >= 0.3 is 21.1 Å². The molecule has 282 valence electrons. The summed E-state index contributed by atoms with van der Waals surface area (Å²) < 4.78 is 28.8. The fourth-order valence-corrected chi connectivity index (χ4v) is 6.86. The van der Waals surface area contributed by atoms with Crippen LogP contribution in [-0.4, -0.2) is 26.4 Å². The van der Waals surface area contributed by atoms with Crippen LogP contribution in [0.15, 0.2) is 158 Å². The number of hydrogen-bond acceptors (Lipinski definition) is 6. The molecular formula is C48H36N4O4Pt. The summed E-state index contributed by atoms with van der Waals surface area (Å²) in [4.78, 5) is 4.67. The molecule has 9 rings (SSSR count). The van der Waals surface area contributed by atoms with Crippen LogP contribution in [0.5, 0.6) is 28.7 Å². The molecule has 57 heavy (non-hydrogen) atoms. The Morgan fingerprint density at radius 2 is 1.35 bits per heavy atom. The van der Waals surface area contributed by atoms with Crippen molar-refractivity contribution < 1.29 is 40.0 Å². The van der Waals surface area contributed by atoms with Gasteiger partial charge in [0.05, 0.1) is 18.9 Å². The van der Waals surface area contributed by atoms with E-state index in [0.717, 1.165) is 61.2 Å². The van der Waals surface area contributed by atoms with Gasteiger partial charge in [-0.2, -0.15) is 17.2 Å². The van der Waals surface area contributed by atoms with Crippen LogP contribution in [0.1, 0.15) is 16.7 Å². The number of hydrogen-bond donors (Lipinski definition) is 0. The van der Waals surface area contributed by atoms with E-state index in [1.54, 1.807) is 18.0 Å². The summed E-state index contributed by atoms with van der Waals surface area (Å²) in [6, 6.07) is 53.0. The molecule has 0 fully saturated rings. The molecule has 0 aliphatic heterocycles. The summed E-state index contributed by atoms with van der Waals surface area (Å²) in [5.74, 6) is 3.93. The van der Waals surface area contributed by atoms with Crippen LogP contribution in [0.4, 0.5) is 0 Å². The largest absolute Gasteiger partial charge is 2.00 e. The van der Waals surface area contributed by atoms with E-state index in [0.29, 0.717) is 41.9 Å². The number of rotatable bonds is 12. The first-order valence-corrected chi connectivity index (χ1v) is 18.3. The number of methoxy groups -OCH3 is 1. The fraction of sp³-hybridized carbons (Fsp3) is 0.0833. The van der Waals surface area contributed by atoms with Gasteiger partial charge in [0.1, 0.15) is 36.3 Å². The summed E-state index contributed by atoms with van der Waals surface area (Å²) in [6.07, 6.45) is 5.53. The van der Waals surface area contributed by atoms with Gasteiger partial charge in [0, 0.05) is 41.0 Å². The third kappa shape index (κ3) is 7.91. The van der Waals surface area contributed by atoms with E-state index in [9.17, 15) is 0 Å². The third-order valence-electron chi connectivity index (χ3n) is 9.51. The van der Waals surface area contributed by atoms with Crippen molar-refractivity contribution in [3.8, 4) is 51.4 Å². The summed E-state index contributed by atoms with van der Waals surface area (Å²) in [7, 11) is 1.65. The standard InChI is InChI=1S/C48H36N4O4.Pt/c1-33-24-45(54-31-34-12-5-3-6-13-34)48(46(25-33)55-32-35-14-7-4-8-15-35)36-29-50-51(30-36)37-16-11-17-39(26-37)56-40-20-21-42-41-18-9-10-19-43(41)52(44(42)27-40)47-28-38(53-2)22-23-49-47;/h3-25,28-30H,31-32H2,1-2H3;/q-2;+2. The van der Waals surface area contributed by atoms with E-state index in [4.69, 9.17) is 24.0 Å². The molecule has 3 aromatic heterocycles. The average Bonchev–Trinajstić information content (AvgIpc) is 3.86. The number of ether oxygens (including phenoxy) is 4. The van der Waals surface area contributed by atoms with Gasteiger partial charge in [-0.25, -0.2) is 4.98 Å². The predicted octanol–water partition coefficient (Wildman–Crippen LogP) is 10.9. The Kier molecular flexibility index (Phi) is 10.9. The minimum absolute atomic E-state index is 0. The van der Waals surface area contributed by atoms with E-state index >= 15 is 0 Å². The molecule has 3 heterocycles. The number of aromatic nitrogens is 4. The van der Waals surface area contributed by atoms with E-state index < -0.39 is 0 Å². The number of pyridine rings is 1. The maximum atomic E-state index is 6.49. The van der Waals surface area contributed by atoms with Gasteiger partial charge in [-0.15, -0.1) is 35.7 Å². The molecule has 0 N–H and O–H groups in total. The second kappa shape index (κ2) is 16.6. The summed E-state index contributed by atoms with van der Waals surface area (Å²) in [5, 5.41) is 6.90. The molecule has 9 heteroatoms. The first-order valence-electron chi connectivity index (χ1n) is 18.3. The topological polar surface area (TPSA) is 72.6 Å².